The van der Waals surface area contributed by atoms with Crippen LogP contribution in [0.25, 0.3) is 11.3 Å². The normalized spacial score (nSPS) is 12.2. The molecule has 0 fully saturated rings. The van der Waals surface area contributed by atoms with Crippen LogP contribution in [0.2, 0.25) is 0 Å². The third kappa shape index (κ3) is 4.65. The van der Waals surface area contributed by atoms with E-state index in [2.05, 4.69) is 14.4 Å². The van der Waals surface area contributed by atoms with Crippen LogP contribution in [-0.4, -0.2) is 20.7 Å². The molecular weight excluding hydrogens is 421 g/mol. The van der Waals surface area contributed by atoms with Gasteiger partial charge in [-0.3, -0.25) is 0 Å². The van der Waals surface area contributed by atoms with Gasteiger partial charge >= 0.3 is 6.18 Å². The van der Waals surface area contributed by atoms with Gasteiger partial charge in [-0.05, 0) is 24.1 Å². The van der Waals surface area contributed by atoms with Crippen LogP contribution >= 0.6 is 0 Å². The molecule has 0 unspecified atom stereocenters. The average molecular weight is 440 g/mol. The fourth-order valence-electron chi connectivity index (χ4n) is 2.90. The highest BCUT2D eigenvalue weighted by molar-refractivity contribution is 7.89. The molecule has 1 aromatic heterocycles. The maximum absolute atomic E-state index is 13.0. The van der Waals surface area contributed by atoms with Crippen LogP contribution in [0, 0.1) is 0 Å². The number of nitrogens with one attached hydrogen (secondary N) is 1. The number of aryl methyl sites for hydroxylation is 1. The van der Waals surface area contributed by atoms with Crippen LogP contribution in [0.4, 0.5) is 13.2 Å². The number of nitrogens with zero attached hydrogens (tertiary/aromatic N) is 1. The molecule has 0 saturated carbocycles. The Balaban J connectivity index is 1.93. The van der Waals surface area contributed by atoms with Crippen molar-refractivity contribution in [1.29, 1.82) is 0 Å². The van der Waals surface area contributed by atoms with E-state index in [0.29, 0.717) is 23.3 Å². The first-order chi connectivity index (χ1) is 14.2. The zero-order valence-corrected chi connectivity index (χ0v) is 17.0. The van der Waals surface area contributed by atoms with Gasteiger partial charge in [0.1, 0.15) is 11.4 Å². The minimum atomic E-state index is -4.68. The van der Waals surface area contributed by atoms with Gasteiger partial charge in [0.15, 0.2) is 0 Å². The highest BCUT2D eigenvalue weighted by atomic mass is 32.2. The maximum atomic E-state index is 13.0. The molecule has 6 nitrogen and oxygen atoms in total. The number of para-hydroxylation sites is 1. The van der Waals surface area contributed by atoms with Crippen LogP contribution in [0.15, 0.2) is 57.9 Å². The largest absolute Gasteiger partial charge is 0.496 e. The van der Waals surface area contributed by atoms with Crippen molar-refractivity contribution < 1.29 is 30.8 Å². The van der Waals surface area contributed by atoms with Crippen molar-refractivity contribution in [3.05, 3.63) is 65.4 Å². The molecule has 160 valence electrons. The van der Waals surface area contributed by atoms with Crippen molar-refractivity contribution >= 4 is 10.0 Å². The predicted octanol–water partition coefficient (Wildman–Crippen LogP) is 4.41. The molecule has 0 aliphatic heterocycles. The van der Waals surface area contributed by atoms with Gasteiger partial charge in [-0.25, -0.2) is 13.1 Å². The van der Waals surface area contributed by atoms with Crippen molar-refractivity contribution in [2.24, 2.45) is 0 Å². The second-order valence-electron chi connectivity index (χ2n) is 6.39. The first-order valence-electron chi connectivity index (χ1n) is 8.94. The van der Waals surface area contributed by atoms with E-state index in [1.165, 1.54) is 19.2 Å². The standard InChI is InChI=1S/C20H19F3N2O4S/c1-3-13-8-9-14(16-11-19(29-25-16)20(21,22)23)10-18(13)30(26,27)24-12-15-6-4-5-7-17(15)28-2/h4-11,24H,3,12H2,1-2H3. The Labute approximate surface area is 171 Å². The number of methoxy groups -OCH3 is 1. The lowest BCUT2D eigenvalue weighted by Crippen LogP contribution is -2.24. The monoisotopic (exact) mass is 440 g/mol. The van der Waals surface area contributed by atoms with Gasteiger partial charge in [0, 0.05) is 23.7 Å². The van der Waals surface area contributed by atoms with E-state index in [0.717, 1.165) is 6.07 Å². The van der Waals surface area contributed by atoms with E-state index >= 15 is 0 Å². The Bertz CT molecular complexity index is 1140. The summed E-state index contributed by atoms with van der Waals surface area (Å²) in [4.78, 5) is -0.0334. The van der Waals surface area contributed by atoms with Crippen LogP contribution in [-0.2, 0) is 29.2 Å². The molecular formula is C20H19F3N2O4S. The Morgan fingerprint density at radius 3 is 2.47 bits per heavy atom. The van der Waals surface area contributed by atoms with E-state index in [9.17, 15) is 21.6 Å². The summed E-state index contributed by atoms with van der Waals surface area (Å²) in [7, 11) is -2.48. The van der Waals surface area contributed by atoms with Crippen molar-refractivity contribution in [1.82, 2.24) is 9.88 Å². The van der Waals surface area contributed by atoms with Crippen molar-refractivity contribution in [2.75, 3.05) is 7.11 Å². The Morgan fingerprint density at radius 1 is 1.10 bits per heavy atom. The lowest BCUT2D eigenvalue weighted by molar-refractivity contribution is -0.155. The number of ether oxygens (including phenoxy) is 1. The first kappa shape index (κ1) is 21.8. The summed E-state index contributed by atoms with van der Waals surface area (Å²) in [6, 6.07) is 12.1. The quantitative estimate of drug-likeness (QED) is 0.589. The van der Waals surface area contributed by atoms with E-state index < -0.39 is 22.0 Å². The topological polar surface area (TPSA) is 81.4 Å². The van der Waals surface area contributed by atoms with Crippen LogP contribution in [0.3, 0.4) is 0 Å². The second-order valence-corrected chi connectivity index (χ2v) is 8.12. The second kappa shape index (κ2) is 8.49. The van der Waals surface area contributed by atoms with Crippen molar-refractivity contribution in [2.45, 2.75) is 31.0 Å². The lowest BCUT2D eigenvalue weighted by Gasteiger charge is -2.13. The number of rotatable bonds is 7. The van der Waals surface area contributed by atoms with E-state index in [1.807, 2.05) is 0 Å². The van der Waals surface area contributed by atoms with Gasteiger partial charge in [0.25, 0.3) is 0 Å². The molecule has 0 bridgehead atoms. The summed E-state index contributed by atoms with van der Waals surface area (Å²) in [6.45, 7) is 1.77. The SMILES string of the molecule is CCc1ccc(-c2cc(C(F)(F)F)on2)cc1S(=O)(=O)NCc1ccccc1OC. The van der Waals surface area contributed by atoms with Crippen LogP contribution in [0.5, 0.6) is 5.75 Å². The molecule has 0 radical (unpaired) electrons. The molecule has 3 aromatic rings. The molecule has 3 rings (SSSR count). The fraction of sp³-hybridized carbons (Fsp3) is 0.250. The number of benzene rings is 2. The third-order valence-corrected chi connectivity index (χ3v) is 5.95. The van der Waals surface area contributed by atoms with Gasteiger partial charge in [-0.15, -0.1) is 0 Å². The molecule has 1 N–H and O–H groups in total. The number of hydrogen-bond donors (Lipinski definition) is 1. The van der Waals surface area contributed by atoms with Crippen LogP contribution in [0.1, 0.15) is 23.8 Å². The maximum Gasteiger partial charge on any atom is 0.452 e. The van der Waals surface area contributed by atoms with Crippen molar-refractivity contribution in [3.8, 4) is 17.0 Å². The molecule has 0 amide bonds. The summed E-state index contributed by atoms with van der Waals surface area (Å²) in [5.74, 6) is -0.720. The summed E-state index contributed by atoms with van der Waals surface area (Å²) in [5.41, 5.74) is 1.25. The molecule has 0 aliphatic carbocycles. The zero-order chi connectivity index (χ0) is 21.9. The smallest absolute Gasteiger partial charge is 0.452 e. The molecule has 1 heterocycles. The van der Waals surface area contributed by atoms with E-state index in [1.54, 1.807) is 37.3 Å². The number of alkyl halides is 3. The summed E-state index contributed by atoms with van der Waals surface area (Å²) < 4.78 is 76.3. The fourth-order valence-corrected chi connectivity index (χ4v) is 4.24. The minimum absolute atomic E-state index is 0.0120. The summed E-state index contributed by atoms with van der Waals surface area (Å²) in [6.07, 6.45) is -4.27. The molecule has 0 saturated heterocycles. The Hall–Kier alpha value is -2.85. The number of hydrogen-bond acceptors (Lipinski definition) is 5. The zero-order valence-electron chi connectivity index (χ0n) is 16.2. The molecule has 2 aromatic carbocycles. The highest BCUT2D eigenvalue weighted by Gasteiger charge is 2.36. The first-order valence-corrected chi connectivity index (χ1v) is 10.4. The van der Waals surface area contributed by atoms with Crippen molar-refractivity contribution in [3.63, 3.8) is 0 Å². The lowest BCUT2D eigenvalue weighted by atomic mass is 10.1. The van der Waals surface area contributed by atoms with Gasteiger partial charge in [0.05, 0.1) is 12.0 Å². The van der Waals surface area contributed by atoms with Crippen LogP contribution < -0.4 is 9.46 Å². The highest BCUT2D eigenvalue weighted by Crippen LogP contribution is 2.33. The van der Waals surface area contributed by atoms with E-state index in [4.69, 9.17) is 4.74 Å². The summed E-state index contributed by atoms with van der Waals surface area (Å²) in [5, 5.41) is 3.42. The van der Waals surface area contributed by atoms with E-state index in [-0.39, 0.29) is 22.7 Å². The summed E-state index contributed by atoms with van der Waals surface area (Å²) >= 11 is 0. The number of sulfonamides is 1. The Morgan fingerprint density at radius 2 is 1.83 bits per heavy atom. The number of halogens is 3. The molecule has 0 atom stereocenters. The average Bonchev–Trinajstić information content (AvgIpc) is 3.23. The minimum Gasteiger partial charge on any atom is -0.496 e. The molecule has 0 aliphatic rings. The van der Waals surface area contributed by atoms with Gasteiger partial charge in [-0.2, -0.15) is 13.2 Å². The van der Waals surface area contributed by atoms with Gasteiger partial charge < -0.3 is 9.26 Å². The Kier molecular flexibility index (Phi) is 6.18. The van der Waals surface area contributed by atoms with Gasteiger partial charge in [-0.1, -0.05) is 42.4 Å². The predicted molar refractivity (Wildman–Crippen MR) is 103 cm³/mol. The number of aromatic nitrogens is 1. The third-order valence-electron chi connectivity index (χ3n) is 4.47. The molecule has 0 spiro atoms. The molecule has 30 heavy (non-hydrogen) atoms. The molecule has 10 heteroatoms. The van der Waals surface area contributed by atoms with Gasteiger partial charge in [0.2, 0.25) is 15.8 Å².